The van der Waals surface area contributed by atoms with Gasteiger partial charge in [-0.2, -0.15) is 0 Å². The molecule has 9 heteroatoms. The van der Waals surface area contributed by atoms with Gasteiger partial charge in [-0.3, -0.25) is 4.79 Å². The van der Waals surface area contributed by atoms with E-state index in [1.807, 2.05) is 50.8 Å². The van der Waals surface area contributed by atoms with Gasteiger partial charge in [0.2, 0.25) is 0 Å². The van der Waals surface area contributed by atoms with Gasteiger partial charge in [-0.25, -0.2) is 9.59 Å². The van der Waals surface area contributed by atoms with Crippen LogP contribution in [0.3, 0.4) is 0 Å². The van der Waals surface area contributed by atoms with Crippen molar-refractivity contribution in [2.75, 3.05) is 56.2 Å². The summed E-state index contributed by atoms with van der Waals surface area (Å²) in [6.45, 7) is 16.8. The molecule has 0 unspecified atom stereocenters. The highest BCUT2D eigenvalue weighted by molar-refractivity contribution is 5.99. The fourth-order valence-corrected chi connectivity index (χ4v) is 8.58. The lowest BCUT2D eigenvalue weighted by atomic mass is 9.72. The number of allylic oxidation sites excluding steroid dienone is 4. The minimum Gasteiger partial charge on any atom is -0.381 e. The maximum absolute atomic E-state index is 14.1. The molecule has 0 bridgehead atoms. The number of fused-ring (bicyclic) bond motifs is 2. The molecular weight excluding hydrogens is 626 g/mol. The number of ether oxygens (including phenoxy) is 1. The number of dihydropyridines is 1. The SMILES string of the molecule is CCN(c1cc(-c2ccc3c(c2)N(C)C(=C=O)C32CCN(C(C)C)CC2)cc(C(=O)NCC2=C(C)C=C(C)NC2=C=O)c1C)C1CCOCC1. The Morgan fingerprint density at radius 2 is 1.78 bits per heavy atom. The van der Waals surface area contributed by atoms with E-state index < -0.39 is 0 Å². The second-order valence-electron chi connectivity index (χ2n) is 14.5. The van der Waals surface area contributed by atoms with Gasteiger partial charge in [-0.15, -0.1) is 0 Å². The second kappa shape index (κ2) is 14.5. The molecule has 0 atom stereocenters. The molecule has 0 radical (unpaired) electrons. The highest BCUT2D eigenvalue weighted by atomic mass is 16.5. The Hall–Kier alpha value is -4.39. The Morgan fingerprint density at radius 1 is 1.06 bits per heavy atom. The Balaban J connectivity index is 1.41. The molecule has 0 aromatic heterocycles. The summed E-state index contributed by atoms with van der Waals surface area (Å²) in [5.74, 6) is 4.15. The van der Waals surface area contributed by atoms with Crippen LogP contribution >= 0.6 is 0 Å². The van der Waals surface area contributed by atoms with E-state index in [9.17, 15) is 14.4 Å². The minimum atomic E-state index is -0.343. The molecule has 4 aliphatic rings. The first kappa shape index (κ1) is 35.4. The maximum atomic E-state index is 14.1. The van der Waals surface area contributed by atoms with Crippen molar-refractivity contribution in [3.05, 3.63) is 81.3 Å². The number of hydrogen-bond acceptors (Lipinski definition) is 8. The first-order valence-electron chi connectivity index (χ1n) is 18.1. The molecule has 2 N–H and O–H groups in total. The van der Waals surface area contributed by atoms with Gasteiger partial charge in [-0.05, 0) is 132 Å². The number of nitrogens with one attached hydrogen (secondary N) is 2. The molecule has 1 amide bonds. The van der Waals surface area contributed by atoms with Crippen LogP contribution < -0.4 is 20.4 Å². The number of anilines is 2. The summed E-state index contributed by atoms with van der Waals surface area (Å²) in [6.07, 6.45) is 5.57. The van der Waals surface area contributed by atoms with Crippen LogP contribution in [0.15, 0.2) is 64.6 Å². The van der Waals surface area contributed by atoms with Crippen LogP contribution in [0.2, 0.25) is 0 Å². The van der Waals surface area contributed by atoms with Crippen molar-refractivity contribution in [1.29, 1.82) is 0 Å². The van der Waals surface area contributed by atoms with Crippen LogP contribution in [0.1, 0.15) is 81.8 Å². The zero-order chi connectivity index (χ0) is 35.7. The van der Waals surface area contributed by atoms with Gasteiger partial charge >= 0.3 is 0 Å². The molecule has 4 aliphatic heterocycles. The molecule has 0 saturated carbocycles. The topological polar surface area (TPSA) is 94.2 Å². The lowest BCUT2D eigenvalue weighted by Gasteiger charge is -2.41. The van der Waals surface area contributed by atoms with E-state index in [-0.39, 0.29) is 17.9 Å². The maximum Gasteiger partial charge on any atom is 0.251 e. The van der Waals surface area contributed by atoms with Crippen molar-refractivity contribution in [2.24, 2.45) is 0 Å². The zero-order valence-corrected chi connectivity index (χ0v) is 30.7. The molecule has 9 nitrogen and oxygen atoms in total. The Bertz CT molecular complexity index is 1830. The van der Waals surface area contributed by atoms with Gasteiger partial charge in [0, 0.05) is 73.6 Å². The highest BCUT2D eigenvalue weighted by Crippen LogP contribution is 2.53. The molecule has 2 fully saturated rings. The van der Waals surface area contributed by atoms with Crippen LogP contribution in [0, 0.1) is 6.92 Å². The zero-order valence-electron chi connectivity index (χ0n) is 30.7. The van der Waals surface area contributed by atoms with E-state index >= 15 is 0 Å². The summed E-state index contributed by atoms with van der Waals surface area (Å²) in [5, 5.41) is 6.19. The quantitative estimate of drug-likeness (QED) is 0.337. The lowest BCUT2D eigenvalue weighted by Crippen LogP contribution is -2.46. The summed E-state index contributed by atoms with van der Waals surface area (Å²) in [6, 6.07) is 11.5. The van der Waals surface area contributed by atoms with Gasteiger partial charge in [0.15, 0.2) is 5.94 Å². The van der Waals surface area contributed by atoms with Crippen LogP contribution in [0.4, 0.5) is 11.4 Å². The number of nitrogens with zero attached hydrogens (tertiary/aromatic N) is 3. The molecule has 1 spiro atoms. The molecule has 6 rings (SSSR count). The number of hydrogen-bond donors (Lipinski definition) is 2. The third-order valence-corrected chi connectivity index (χ3v) is 11.4. The number of piperidine rings is 1. The van der Waals surface area contributed by atoms with Gasteiger partial charge in [0.05, 0.1) is 5.41 Å². The number of carbonyl (C=O) groups excluding carboxylic acids is 3. The van der Waals surface area contributed by atoms with Gasteiger partial charge in [0.1, 0.15) is 17.3 Å². The molecule has 0 aliphatic carbocycles. The summed E-state index contributed by atoms with van der Waals surface area (Å²) >= 11 is 0. The molecule has 50 heavy (non-hydrogen) atoms. The average Bonchev–Trinajstić information content (AvgIpc) is 3.34. The molecule has 2 aromatic carbocycles. The summed E-state index contributed by atoms with van der Waals surface area (Å²) in [7, 11) is 1.98. The molecular formula is C41H51N5O4. The summed E-state index contributed by atoms with van der Waals surface area (Å²) < 4.78 is 5.70. The van der Waals surface area contributed by atoms with Gasteiger partial charge in [-0.1, -0.05) is 12.1 Å². The monoisotopic (exact) mass is 677 g/mol. The van der Waals surface area contributed by atoms with E-state index in [0.717, 1.165) is 103 Å². The van der Waals surface area contributed by atoms with Crippen molar-refractivity contribution in [3.63, 3.8) is 0 Å². The Kier molecular flexibility index (Phi) is 10.2. The third-order valence-electron chi connectivity index (χ3n) is 11.4. The number of likely N-dealkylation sites (tertiary alicyclic amines) is 1. The summed E-state index contributed by atoms with van der Waals surface area (Å²) in [5.41, 5.74) is 9.88. The van der Waals surface area contributed by atoms with E-state index in [0.29, 0.717) is 29.0 Å². The van der Waals surface area contributed by atoms with Crippen molar-refractivity contribution in [3.8, 4) is 11.1 Å². The Labute approximate surface area is 296 Å². The van der Waals surface area contributed by atoms with E-state index in [1.54, 1.807) is 0 Å². The number of rotatable bonds is 8. The first-order chi connectivity index (χ1) is 24.0. The van der Waals surface area contributed by atoms with Crippen molar-refractivity contribution < 1.29 is 19.1 Å². The third kappa shape index (κ3) is 6.36. The average molecular weight is 678 g/mol. The van der Waals surface area contributed by atoms with Crippen molar-refractivity contribution in [1.82, 2.24) is 15.5 Å². The molecule has 2 aromatic rings. The number of carbonyl (C=O) groups is 1. The number of benzene rings is 2. The normalized spacial score (nSPS) is 19.3. The number of amides is 1. The molecule has 264 valence electrons. The standard InChI is InChI=1S/C41H51N5O4/c1-8-46(32-11-17-50-18-12-32)37-22-31(20-33(29(37)6)40(49)42-23-34-27(4)19-28(5)43-36(34)24-47)30-9-10-35-38(21-30)44(7)39(25-48)41(35)13-15-45(16-14-41)26(2)3/h9-10,19-22,26,32,43H,8,11-18,23H2,1-7H3,(H,42,49). The van der Waals surface area contributed by atoms with Crippen LogP contribution in [-0.2, 0) is 19.7 Å². The lowest BCUT2D eigenvalue weighted by molar-refractivity contribution is 0.0846. The van der Waals surface area contributed by atoms with E-state index in [4.69, 9.17) is 4.74 Å². The summed E-state index contributed by atoms with van der Waals surface area (Å²) in [4.78, 5) is 45.4. The van der Waals surface area contributed by atoms with Crippen LogP contribution in [-0.4, -0.2) is 81.2 Å². The molecule has 2 saturated heterocycles. The van der Waals surface area contributed by atoms with E-state index in [2.05, 4.69) is 71.4 Å². The van der Waals surface area contributed by atoms with Crippen LogP contribution in [0.25, 0.3) is 11.1 Å². The molecule has 4 heterocycles. The first-order valence-corrected chi connectivity index (χ1v) is 18.1. The van der Waals surface area contributed by atoms with Crippen molar-refractivity contribution >= 4 is 29.2 Å². The number of likely N-dealkylation sites (N-methyl/N-ethyl adjacent to an activating group) is 1. The van der Waals surface area contributed by atoms with Gasteiger partial charge in [0.25, 0.3) is 5.91 Å². The predicted molar refractivity (Wildman–Crippen MR) is 200 cm³/mol. The smallest absolute Gasteiger partial charge is 0.251 e. The van der Waals surface area contributed by atoms with E-state index in [1.165, 1.54) is 5.56 Å². The Morgan fingerprint density at radius 3 is 2.42 bits per heavy atom. The fourth-order valence-electron chi connectivity index (χ4n) is 8.58. The largest absolute Gasteiger partial charge is 0.381 e. The van der Waals surface area contributed by atoms with Gasteiger partial charge < -0.3 is 30.1 Å². The van der Waals surface area contributed by atoms with Crippen molar-refractivity contribution in [2.45, 2.75) is 84.7 Å². The second-order valence-corrected chi connectivity index (χ2v) is 14.5. The minimum absolute atomic E-state index is 0.198. The fraction of sp³-hybridized carbons (Fsp3) is 0.488. The highest BCUT2D eigenvalue weighted by Gasteiger charge is 2.49. The predicted octanol–water partition coefficient (Wildman–Crippen LogP) is 5.84. The van der Waals surface area contributed by atoms with Crippen LogP contribution in [0.5, 0.6) is 0 Å².